The Morgan fingerprint density at radius 2 is 2.11 bits per heavy atom. The molecule has 1 aromatic carbocycles. The third-order valence-electron chi connectivity index (χ3n) is 3.23. The first-order chi connectivity index (χ1) is 9.24. The van der Waals surface area contributed by atoms with Crippen LogP contribution in [0.2, 0.25) is 0 Å². The van der Waals surface area contributed by atoms with E-state index in [0.717, 1.165) is 23.5 Å². The number of nitrogens with zero attached hydrogens (tertiary/aromatic N) is 1. The average Bonchev–Trinajstić information content (AvgIpc) is 2.43. The summed E-state index contributed by atoms with van der Waals surface area (Å²) in [5, 5.41) is 4.85. The minimum absolute atomic E-state index is 0.431. The van der Waals surface area contributed by atoms with Gasteiger partial charge in [-0.25, -0.2) is 0 Å². The number of thioether (sulfide) groups is 1. The number of aryl methyl sites for hydroxylation is 1. The van der Waals surface area contributed by atoms with Crippen molar-refractivity contribution in [2.75, 3.05) is 18.6 Å². The normalized spacial score (nSPS) is 12.8. The molecule has 0 amide bonds. The van der Waals surface area contributed by atoms with E-state index >= 15 is 0 Å². The molecule has 0 radical (unpaired) electrons. The molecule has 0 bridgehead atoms. The molecule has 0 saturated heterocycles. The highest BCUT2D eigenvalue weighted by molar-refractivity contribution is 7.98. The van der Waals surface area contributed by atoms with Crippen molar-refractivity contribution in [2.45, 2.75) is 26.3 Å². The Morgan fingerprint density at radius 3 is 2.84 bits per heavy atom. The Labute approximate surface area is 120 Å². The summed E-state index contributed by atoms with van der Waals surface area (Å²) in [4.78, 5) is 4.56. The van der Waals surface area contributed by atoms with Crippen LogP contribution in [0.15, 0.2) is 30.3 Å². The molecule has 3 heteroatoms. The van der Waals surface area contributed by atoms with E-state index in [1.807, 2.05) is 18.7 Å². The summed E-state index contributed by atoms with van der Waals surface area (Å²) in [6, 6.07) is 11.3. The number of aromatic nitrogens is 1. The second kappa shape index (κ2) is 6.92. The van der Waals surface area contributed by atoms with Gasteiger partial charge < -0.3 is 5.32 Å². The van der Waals surface area contributed by atoms with Gasteiger partial charge in [0.05, 0.1) is 5.52 Å². The molecule has 1 N–H and O–H groups in total. The maximum Gasteiger partial charge on any atom is 0.0705 e. The maximum atomic E-state index is 4.56. The number of hydrogen-bond acceptors (Lipinski definition) is 3. The molecule has 0 aliphatic rings. The maximum absolute atomic E-state index is 4.56. The van der Waals surface area contributed by atoms with Crippen molar-refractivity contribution in [3.8, 4) is 0 Å². The number of fused-ring (bicyclic) bond motifs is 1. The molecular formula is C16H22N2S. The number of pyridine rings is 1. The van der Waals surface area contributed by atoms with Gasteiger partial charge in [-0.15, -0.1) is 0 Å². The zero-order chi connectivity index (χ0) is 13.7. The summed E-state index contributed by atoms with van der Waals surface area (Å²) in [7, 11) is 0. The lowest BCUT2D eigenvalue weighted by atomic mass is 10.0. The van der Waals surface area contributed by atoms with Crippen LogP contribution in [0.4, 0.5) is 0 Å². The Bertz CT molecular complexity index is 539. The van der Waals surface area contributed by atoms with E-state index in [2.05, 4.69) is 53.8 Å². The van der Waals surface area contributed by atoms with Gasteiger partial charge in [-0.1, -0.05) is 19.1 Å². The smallest absolute Gasteiger partial charge is 0.0705 e. The molecule has 1 atom stereocenters. The molecule has 2 rings (SSSR count). The second-order valence-electron chi connectivity index (χ2n) is 4.87. The fourth-order valence-electron chi connectivity index (χ4n) is 2.22. The van der Waals surface area contributed by atoms with Crippen LogP contribution in [-0.2, 0) is 0 Å². The quantitative estimate of drug-likeness (QED) is 0.863. The Hall–Kier alpha value is -1.06. The van der Waals surface area contributed by atoms with Crippen molar-refractivity contribution in [3.05, 3.63) is 41.6 Å². The molecule has 102 valence electrons. The van der Waals surface area contributed by atoms with Crippen molar-refractivity contribution in [3.63, 3.8) is 0 Å². The van der Waals surface area contributed by atoms with Crippen molar-refractivity contribution in [1.82, 2.24) is 10.3 Å². The van der Waals surface area contributed by atoms with E-state index in [4.69, 9.17) is 0 Å². The Kier molecular flexibility index (Phi) is 5.23. The zero-order valence-corrected chi connectivity index (χ0v) is 12.8. The van der Waals surface area contributed by atoms with Gasteiger partial charge in [0.15, 0.2) is 0 Å². The molecule has 0 spiro atoms. The summed E-state index contributed by atoms with van der Waals surface area (Å²) in [5.74, 6) is 1.10. The van der Waals surface area contributed by atoms with Crippen molar-refractivity contribution in [2.24, 2.45) is 0 Å². The first kappa shape index (κ1) is 14.4. The molecular weight excluding hydrogens is 252 g/mol. The summed E-state index contributed by atoms with van der Waals surface area (Å²) >= 11 is 1.88. The van der Waals surface area contributed by atoms with Gasteiger partial charge in [-0.05, 0) is 49.9 Å². The predicted octanol–water partition coefficient (Wildman–Crippen LogP) is 3.95. The second-order valence-corrected chi connectivity index (χ2v) is 5.78. The zero-order valence-electron chi connectivity index (χ0n) is 11.9. The van der Waals surface area contributed by atoms with E-state index in [-0.39, 0.29) is 0 Å². The lowest BCUT2D eigenvalue weighted by Gasteiger charge is -2.18. The van der Waals surface area contributed by atoms with Gasteiger partial charge in [-0.3, -0.25) is 4.98 Å². The molecule has 0 fully saturated rings. The fraction of sp³-hybridized carbons (Fsp3) is 0.438. The topological polar surface area (TPSA) is 24.9 Å². The number of hydrogen-bond donors (Lipinski definition) is 1. The number of nitrogens with one attached hydrogen (secondary N) is 1. The molecule has 1 aromatic heterocycles. The highest BCUT2D eigenvalue weighted by atomic mass is 32.2. The van der Waals surface area contributed by atoms with E-state index in [0.29, 0.717) is 6.04 Å². The molecule has 1 heterocycles. The van der Waals surface area contributed by atoms with Crippen LogP contribution in [0.3, 0.4) is 0 Å². The minimum atomic E-state index is 0.431. The van der Waals surface area contributed by atoms with E-state index in [9.17, 15) is 0 Å². The molecule has 19 heavy (non-hydrogen) atoms. The monoisotopic (exact) mass is 274 g/mol. The van der Waals surface area contributed by atoms with Gasteiger partial charge in [0, 0.05) is 22.9 Å². The van der Waals surface area contributed by atoms with Gasteiger partial charge >= 0.3 is 0 Å². The van der Waals surface area contributed by atoms with Crippen LogP contribution in [-0.4, -0.2) is 23.5 Å². The summed E-state index contributed by atoms with van der Waals surface area (Å²) < 4.78 is 0. The molecule has 0 saturated carbocycles. The van der Waals surface area contributed by atoms with Crippen LogP contribution in [0.1, 0.15) is 30.6 Å². The van der Waals surface area contributed by atoms with Crippen molar-refractivity contribution >= 4 is 22.7 Å². The van der Waals surface area contributed by atoms with E-state index in [1.54, 1.807) is 0 Å². The first-order valence-corrected chi connectivity index (χ1v) is 8.23. The molecule has 2 nitrogen and oxygen atoms in total. The number of rotatable bonds is 6. The van der Waals surface area contributed by atoms with Crippen LogP contribution < -0.4 is 5.32 Å². The SMILES string of the molecule is CCCNC(CSC)c1ccc2nc(C)ccc2c1. The van der Waals surface area contributed by atoms with Crippen LogP contribution in [0, 0.1) is 6.92 Å². The lowest BCUT2D eigenvalue weighted by Crippen LogP contribution is -2.24. The Balaban J connectivity index is 2.29. The molecule has 1 unspecified atom stereocenters. The summed E-state index contributed by atoms with van der Waals surface area (Å²) in [5.41, 5.74) is 3.52. The van der Waals surface area contributed by atoms with Gasteiger partial charge in [0.1, 0.15) is 0 Å². The minimum Gasteiger partial charge on any atom is -0.309 e. The average molecular weight is 274 g/mol. The third-order valence-corrected chi connectivity index (χ3v) is 3.90. The molecule has 0 aliphatic carbocycles. The standard InChI is InChI=1S/C16H22N2S/c1-4-9-17-16(11-19-3)14-7-8-15-13(10-14)6-5-12(2)18-15/h5-8,10,16-17H,4,9,11H2,1-3H3. The Morgan fingerprint density at radius 1 is 1.26 bits per heavy atom. The van der Waals surface area contributed by atoms with Gasteiger partial charge in [0.25, 0.3) is 0 Å². The predicted molar refractivity (Wildman–Crippen MR) is 85.9 cm³/mol. The highest BCUT2D eigenvalue weighted by Gasteiger charge is 2.10. The summed E-state index contributed by atoms with van der Waals surface area (Å²) in [6.07, 6.45) is 3.33. The molecule has 2 aromatic rings. The van der Waals surface area contributed by atoms with Crippen molar-refractivity contribution < 1.29 is 0 Å². The summed E-state index contributed by atoms with van der Waals surface area (Å²) in [6.45, 7) is 5.30. The van der Waals surface area contributed by atoms with Crippen LogP contribution in [0.25, 0.3) is 10.9 Å². The number of benzene rings is 1. The fourth-order valence-corrected chi connectivity index (χ4v) is 2.86. The van der Waals surface area contributed by atoms with E-state index in [1.165, 1.54) is 17.4 Å². The first-order valence-electron chi connectivity index (χ1n) is 6.84. The van der Waals surface area contributed by atoms with E-state index < -0.39 is 0 Å². The lowest BCUT2D eigenvalue weighted by molar-refractivity contribution is 0.578. The van der Waals surface area contributed by atoms with Crippen LogP contribution in [0.5, 0.6) is 0 Å². The molecule has 0 aliphatic heterocycles. The van der Waals surface area contributed by atoms with Gasteiger partial charge in [0.2, 0.25) is 0 Å². The highest BCUT2D eigenvalue weighted by Crippen LogP contribution is 2.22. The van der Waals surface area contributed by atoms with Crippen LogP contribution >= 0.6 is 11.8 Å². The van der Waals surface area contributed by atoms with Crippen molar-refractivity contribution in [1.29, 1.82) is 0 Å². The van der Waals surface area contributed by atoms with Gasteiger partial charge in [-0.2, -0.15) is 11.8 Å². The third kappa shape index (κ3) is 3.71. The largest absolute Gasteiger partial charge is 0.309 e.